The number of aryl methyl sites for hydroxylation is 1. The largest absolute Gasteiger partial charge is 0.323 e. The highest BCUT2D eigenvalue weighted by molar-refractivity contribution is 9.10. The van der Waals surface area contributed by atoms with Crippen molar-refractivity contribution in [1.82, 2.24) is 9.38 Å². The van der Waals surface area contributed by atoms with Crippen molar-refractivity contribution in [3.05, 3.63) is 62.4 Å². The predicted octanol–water partition coefficient (Wildman–Crippen LogP) is 4.89. The number of anilines is 1. The monoisotopic (exact) mass is 411 g/mol. The topological polar surface area (TPSA) is 46.4 Å². The SMILES string of the molecule is Cc1nc2c(NC(=O)Cc3c(Cl)cccc3Cl)cccn2c1Br. The van der Waals surface area contributed by atoms with E-state index in [1.807, 2.05) is 23.6 Å². The molecule has 0 atom stereocenters. The summed E-state index contributed by atoms with van der Waals surface area (Å²) < 4.78 is 2.73. The molecule has 1 amide bonds. The quantitative estimate of drug-likeness (QED) is 0.665. The molecule has 1 N–H and O–H groups in total. The molecule has 2 heterocycles. The molecule has 4 nitrogen and oxygen atoms in total. The van der Waals surface area contributed by atoms with Crippen molar-refractivity contribution in [2.45, 2.75) is 13.3 Å². The number of halogens is 3. The molecule has 23 heavy (non-hydrogen) atoms. The summed E-state index contributed by atoms with van der Waals surface area (Å²) in [4.78, 5) is 16.8. The van der Waals surface area contributed by atoms with E-state index >= 15 is 0 Å². The Morgan fingerprint density at radius 2 is 1.96 bits per heavy atom. The zero-order chi connectivity index (χ0) is 16.6. The number of carbonyl (C=O) groups excluding carboxylic acids is 1. The maximum Gasteiger partial charge on any atom is 0.229 e. The van der Waals surface area contributed by atoms with Crippen LogP contribution in [0.4, 0.5) is 5.69 Å². The second kappa shape index (κ2) is 6.51. The molecule has 0 aliphatic heterocycles. The van der Waals surface area contributed by atoms with E-state index in [1.54, 1.807) is 24.3 Å². The first-order chi connectivity index (χ1) is 11.0. The highest BCUT2D eigenvalue weighted by atomic mass is 79.9. The molecule has 0 fully saturated rings. The Bertz CT molecular complexity index is 887. The van der Waals surface area contributed by atoms with Gasteiger partial charge in [-0.1, -0.05) is 29.3 Å². The minimum Gasteiger partial charge on any atom is -0.323 e. The Hall–Kier alpha value is -1.56. The van der Waals surface area contributed by atoms with Crippen LogP contribution in [0.1, 0.15) is 11.3 Å². The number of benzene rings is 1. The van der Waals surface area contributed by atoms with E-state index in [9.17, 15) is 4.79 Å². The Morgan fingerprint density at radius 1 is 1.26 bits per heavy atom. The standard InChI is InChI=1S/C16H12BrCl2N3O/c1-9-15(17)22-7-3-6-13(16(22)20-9)21-14(23)8-10-11(18)4-2-5-12(10)19/h2-7H,8H2,1H3,(H,21,23). The summed E-state index contributed by atoms with van der Waals surface area (Å²) in [7, 11) is 0. The summed E-state index contributed by atoms with van der Waals surface area (Å²) in [6, 6.07) is 8.83. The number of nitrogens with zero attached hydrogens (tertiary/aromatic N) is 2. The average Bonchev–Trinajstić information content (AvgIpc) is 2.80. The Kier molecular flexibility index (Phi) is 4.62. The second-order valence-corrected chi connectivity index (χ2v) is 6.59. The van der Waals surface area contributed by atoms with Crippen LogP contribution in [0, 0.1) is 6.92 Å². The fourth-order valence-electron chi connectivity index (χ4n) is 2.31. The van der Waals surface area contributed by atoms with Gasteiger partial charge in [-0.2, -0.15) is 0 Å². The van der Waals surface area contributed by atoms with Crippen molar-refractivity contribution in [3.8, 4) is 0 Å². The molecule has 3 aromatic rings. The number of carbonyl (C=O) groups is 1. The van der Waals surface area contributed by atoms with Crippen molar-refractivity contribution in [1.29, 1.82) is 0 Å². The first-order valence-corrected chi connectivity index (χ1v) is 8.38. The molecule has 1 aromatic carbocycles. The minimum atomic E-state index is -0.204. The fourth-order valence-corrected chi connectivity index (χ4v) is 3.21. The van der Waals surface area contributed by atoms with Crippen LogP contribution in [0.3, 0.4) is 0 Å². The third-order valence-electron chi connectivity index (χ3n) is 3.42. The number of amides is 1. The lowest BCUT2D eigenvalue weighted by Gasteiger charge is -2.09. The van der Waals surface area contributed by atoms with Crippen LogP contribution in [0.5, 0.6) is 0 Å². The van der Waals surface area contributed by atoms with Gasteiger partial charge in [-0.05, 0) is 52.7 Å². The molecule has 118 valence electrons. The summed E-state index contributed by atoms with van der Waals surface area (Å²) in [5.41, 5.74) is 2.77. The normalized spacial score (nSPS) is 11.0. The van der Waals surface area contributed by atoms with Gasteiger partial charge in [0.15, 0.2) is 5.65 Å². The molecule has 0 spiro atoms. The lowest BCUT2D eigenvalue weighted by atomic mass is 10.1. The molecule has 0 aliphatic rings. The lowest BCUT2D eigenvalue weighted by molar-refractivity contribution is -0.115. The number of imidazole rings is 1. The van der Waals surface area contributed by atoms with Gasteiger partial charge in [0, 0.05) is 16.2 Å². The summed E-state index contributed by atoms with van der Waals surface area (Å²) in [5, 5.41) is 3.82. The Morgan fingerprint density at radius 3 is 2.65 bits per heavy atom. The molecule has 0 bridgehead atoms. The van der Waals surface area contributed by atoms with Gasteiger partial charge in [-0.25, -0.2) is 4.98 Å². The lowest BCUT2D eigenvalue weighted by Crippen LogP contribution is -2.15. The van der Waals surface area contributed by atoms with Gasteiger partial charge in [0.05, 0.1) is 17.8 Å². The van der Waals surface area contributed by atoms with Crippen molar-refractivity contribution in [2.24, 2.45) is 0 Å². The minimum absolute atomic E-state index is 0.0976. The fraction of sp³-hybridized carbons (Fsp3) is 0.125. The molecule has 2 aromatic heterocycles. The summed E-state index contributed by atoms with van der Waals surface area (Å²) in [5.74, 6) is -0.204. The number of aromatic nitrogens is 2. The van der Waals surface area contributed by atoms with Crippen molar-refractivity contribution in [3.63, 3.8) is 0 Å². The highest BCUT2D eigenvalue weighted by Gasteiger charge is 2.14. The third kappa shape index (κ3) is 3.22. The summed E-state index contributed by atoms with van der Waals surface area (Å²) >= 11 is 15.7. The third-order valence-corrected chi connectivity index (χ3v) is 5.09. The van der Waals surface area contributed by atoms with Crippen LogP contribution < -0.4 is 5.32 Å². The van der Waals surface area contributed by atoms with Gasteiger partial charge in [-0.3, -0.25) is 9.20 Å². The van der Waals surface area contributed by atoms with E-state index in [-0.39, 0.29) is 12.3 Å². The average molecular weight is 413 g/mol. The number of nitrogens with one attached hydrogen (secondary N) is 1. The predicted molar refractivity (Wildman–Crippen MR) is 96.4 cm³/mol. The van der Waals surface area contributed by atoms with Crippen molar-refractivity contribution in [2.75, 3.05) is 5.32 Å². The summed E-state index contributed by atoms with van der Waals surface area (Å²) in [6.45, 7) is 1.90. The van der Waals surface area contributed by atoms with E-state index in [1.165, 1.54) is 0 Å². The maximum absolute atomic E-state index is 12.3. The highest BCUT2D eigenvalue weighted by Crippen LogP contribution is 2.26. The van der Waals surface area contributed by atoms with E-state index in [0.717, 1.165) is 10.3 Å². The Balaban J connectivity index is 1.88. The van der Waals surface area contributed by atoms with Gasteiger partial charge < -0.3 is 5.32 Å². The van der Waals surface area contributed by atoms with Crippen LogP contribution >= 0.6 is 39.1 Å². The Labute approximate surface area is 151 Å². The molecule has 0 saturated heterocycles. The zero-order valence-electron chi connectivity index (χ0n) is 12.1. The number of fused-ring (bicyclic) bond motifs is 1. The maximum atomic E-state index is 12.3. The van der Waals surface area contributed by atoms with E-state index < -0.39 is 0 Å². The van der Waals surface area contributed by atoms with Crippen molar-refractivity contribution < 1.29 is 4.79 Å². The number of rotatable bonds is 3. The van der Waals surface area contributed by atoms with Crippen LogP contribution in [0.25, 0.3) is 5.65 Å². The molecular weight excluding hydrogens is 401 g/mol. The number of hydrogen-bond donors (Lipinski definition) is 1. The summed E-state index contributed by atoms with van der Waals surface area (Å²) in [6.07, 6.45) is 1.97. The van der Waals surface area contributed by atoms with Gasteiger partial charge in [0.2, 0.25) is 5.91 Å². The first kappa shape index (κ1) is 16.3. The second-order valence-electron chi connectivity index (χ2n) is 5.03. The van der Waals surface area contributed by atoms with Gasteiger partial charge in [0.1, 0.15) is 4.60 Å². The van der Waals surface area contributed by atoms with Crippen LogP contribution in [-0.4, -0.2) is 15.3 Å². The number of pyridine rings is 1. The van der Waals surface area contributed by atoms with Gasteiger partial charge in [0.25, 0.3) is 0 Å². The van der Waals surface area contributed by atoms with Crippen LogP contribution in [-0.2, 0) is 11.2 Å². The molecular formula is C16H12BrCl2N3O. The molecule has 0 unspecified atom stereocenters. The smallest absolute Gasteiger partial charge is 0.229 e. The number of hydrogen-bond acceptors (Lipinski definition) is 2. The molecule has 3 rings (SSSR count). The zero-order valence-corrected chi connectivity index (χ0v) is 15.2. The van der Waals surface area contributed by atoms with Crippen molar-refractivity contribution >= 4 is 56.4 Å². The molecule has 0 radical (unpaired) electrons. The van der Waals surface area contributed by atoms with Gasteiger partial charge in [-0.15, -0.1) is 0 Å². The molecule has 0 aliphatic carbocycles. The van der Waals surface area contributed by atoms with E-state index in [2.05, 4.69) is 26.2 Å². The van der Waals surface area contributed by atoms with E-state index in [4.69, 9.17) is 23.2 Å². The van der Waals surface area contributed by atoms with Gasteiger partial charge >= 0.3 is 0 Å². The van der Waals surface area contributed by atoms with Crippen LogP contribution in [0.15, 0.2) is 41.1 Å². The van der Waals surface area contributed by atoms with Crippen LogP contribution in [0.2, 0.25) is 10.0 Å². The first-order valence-electron chi connectivity index (χ1n) is 6.83. The molecule has 7 heteroatoms. The molecule has 0 saturated carbocycles. The van der Waals surface area contributed by atoms with E-state index in [0.29, 0.717) is 26.9 Å².